The first-order valence-electron chi connectivity index (χ1n) is 11.8. The van der Waals surface area contributed by atoms with Gasteiger partial charge in [0.1, 0.15) is 5.65 Å². The number of aromatic nitrogens is 3. The minimum Gasteiger partial charge on any atom is -0.295 e. The van der Waals surface area contributed by atoms with Crippen molar-refractivity contribution in [2.75, 3.05) is 0 Å². The quantitative estimate of drug-likeness (QED) is 0.310. The van der Waals surface area contributed by atoms with Crippen LogP contribution in [0.15, 0.2) is 30.3 Å². The molecule has 176 valence electrons. The lowest BCUT2D eigenvalue weighted by molar-refractivity contribution is 0.562. The fourth-order valence-corrected chi connectivity index (χ4v) is 4.02. The Hall–Kier alpha value is -5.06. The largest absolute Gasteiger partial charge is 0.295 e. The van der Waals surface area contributed by atoms with Gasteiger partial charge >= 0.3 is 0 Å². The third-order valence-electron chi connectivity index (χ3n) is 5.80. The van der Waals surface area contributed by atoms with Gasteiger partial charge in [-0.25, -0.2) is 4.98 Å². The molecule has 3 nitrogen and oxygen atoms in total. The van der Waals surface area contributed by atoms with Crippen LogP contribution in [0, 0.1) is 72.1 Å². The van der Waals surface area contributed by atoms with Crippen LogP contribution in [0.1, 0.15) is 64.1 Å². The SMILES string of the molecule is C#CC#CC#Cc1cc2nc3c4ccc(C(C)(C)C)nc4cc(C(C)(C)C)n3c2cc1C#CC#CC#C. The van der Waals surface area contributed by atoms with Gasteiger partial charge in [0.15, 0.2) is 0 Å². The minimum atomic E-state index is -0.174. The highest BCUT2D eigenvalue weighted by molar-refractivity contribution is 5.98. The maximum atomic E-state index is 5.23. The van der Waals surface area contributed by atoms with Gasteiger partial charge in [-0.05, 0) is 77.7 Å². The summed E-state index contributed by atoms with van der Waals surface area (Å²) in [5, 5.41) is 0.984. The second-order valence-corrected chi connectivity index (χ2v) is 10.6. The Labute approximate surface area is 219 Å². The highest BCUT2D eigenvalue weighted by Crippen LogP contribution is 2.34. The van der Waals surface area contributed by atoms with E-state index in [1.165, 1.54) is 0 Å². The first-order chi connectivity index (χ1) is 17.5. The van der Waals surface area contributed by atoms with Crippen molar-refractivity contribution in [1.82, 2.24) is 14.4 Å². The average molecular weight is 476 g/mol. The van der Waals surface area contributed by atoms with E-state index in [4.69, 9.17) is 22.8 Å². The Balaban J connectivity index is 2.13. The van der Waals surface area contributed by atoms with Crippen LogP contribution < -0.4 is 0 Å². The van der Waals surface area contributed by atoms with Gasteiger partial charge in [0.2, 0.25) is 0 Å². The molecule has 0 radical (unpaired) electrons. The van der Waals surface area contributed by atoms with Gasteiger partial charge < -0.3 is 0 Å². The predicted molar refractivity (Wildman–Crippen MR) is 152 cm³/mol. The molecule has 0 aliphatic carbocycles. The molecule has 0 spiro atoms. The summed E-state index contributed by atoms with van der Waals surface area (Å²) in [4.78, 5) is 10.1. The third-order valence-corrected chi connectivity index (χ3v) is 5.80. The third kappa shape index (κ3) is 5.01. The van der Waals surface area contributed by atoms with Gasteiger partial charge in [0.25, 0.3) is 0 Å². The van der Waals surface area contributed by atoms with E-state index in [1.807, 2.05) is 12.1 Å². The Morgan fingerprint density at radius 3 is 1.86 bits per heavy atom. The lowest BCUT2D eigenvalue weighted by atomic mass is 9.89. The van der Waals surface area contributed by atoms with Crippen molar-refractivity contribution >= 4 is 27.6 Å². The van der Waals surface area contributed by atoms with Crippen molar-refractivity contribution in [2.45, 2.75) is 52.4 Å². The van der Waals surface area contributed by atoms with E-state index in [-0.39, 0.29) is 10.8 Å². The molecular weight excluding hydrogens is 450 g/mol. The van der Waals surface area contributed by atoms with Crippen LogP contribution in [0.25, 0.3) is 27.6 Å². The molecule has 37 heavy (non-hydrogen) atoms. The van der Waals surface area contributed by atoms with Crippen molar-refractivity contribution in [2.24, 2.45) is 0 Å². The van der Waals surface area contributed by atoms with Crippen molar-refractivity contribution < 1.29 is 0 Å². The van der Waals surface area contributed by atoms with E-state index in [9.17, 15) is 0 Å². The van der Waals surface area contributed by atoms with Crippen molar-refractivity contribution in [3.8, 4) is 72.1 Å². The Morgan fingerprint density at radius 2 is 1.30 bits per heavy atom. The maximum absolute atomic E-state index is 5.23. The number of pyridine rings is 2. The monoisotopic (exact) mass is 475 g/mol. The molecule has 0 aliphatic heterocycles. The molecule has 0 saturated heterocycles. The van der Waals surface area contributed by atoms with Crippen molar-refractivity contribution in [3.05, 3.63) is 52.8 Å². The summed E-state index contributed by atoms with van der Waals surface area (Å²) in [5.74, 6) is 26.6. The smallest absolute Gasteiger partial charge is 0.147 e. The second kappa shape index (κ2) is 9.53. The summed E-state index contributed by atoms with van der Waals surface area (Å²) < 4.78 is 2.20. The normalized spacial score (nSPS) is 10.6. The highest BCUT2D eigenvalue weighted by Gasteiger charge is 2.24. The summed E-state index contributed by atoms with van der Waals surface area (Å²) in [7, 11) is 0. The first-order valence-corrected chi connectivity index (χ1v) is 11.8. The summed E-state index contributed by atoms with van der Waals surface area (Å²) in [6, 6.07) is 10.3. The van der Waals surface area contributed by atoms with Gasteiger partial charge in [-0.3, -0.25) is 9.38 Å². The number of rotatable bonds is 0. The Morgan fingerprint density at radius 1 is 0.676 bits per heavy atom. The summed E-state index contributed by atoms with van der Waals surface area (Å²) in [5.41, 5.74) is 6.79. The van der Waals surface area contributed by atoms with E-state index in [2.05, 4.69) is 123 Å². The highest BCUT2D eigenvalue weighted by atomic mass is 15.0. The molecule has 4 rings (SSSR count). The van der Waals surface area contributed by atoms with Crippen molar-refractivity contribution in [1.29, 1.82) is 0 Å². The summed E-state index contributed by atoms with van der Waals surface area (Å²) >= 11 is 0. The van der Waals surface area contributed by atoms with Gasteiger partial charge in [0.05, 0.1) is 16.6 Å². The fourth-order valence-electron chi connectivity index (χ4n) is 4.02. The molecule has 0 fully saturated rings. The van der Waals surface area contributed by atoms with E-state index < -0.39 is 0 Å². The molecular formula is C34H25N3. The van der Waals surface area contributed by atoms with E-state index in [0.717, 1.165) is 39.0 Å². The van der Waals surface area contributed by atoms with Crippen LogP contribution in [0.5, 0.6) is 0 Å². The molecule has 3 heteroatoms. The molecule has 0 bridgehead atoms. The lowest BCUT2D eigenvalue weighted by Gasteiger charge is -2.23. The molecule has 1 aromatic carbocycles. The molecule has 0 saturated carbocycles. The standard InChI is InChI=1S/C34H25N3/c1-9-11-13-15-17-24-21-28-29(22-25(24)18-16-14-12-10-2)37-31(34(6,7)8)23-27-26(32(37)36-28)19-20-30(35-27)33(3,4)5/h1-2,19-23H,3-8H3. The van der Waals surface area contributed by atoms with Gasteiger partial charge in [-0.1, -0.05) is 53.4 Å². The zero-order valence-corrected chi connectivity index (χ0v) is 21.9. The maximum Gasteiger partial charge on any atom is 0.147 e. The number of hydrogen-bond acceptors (Lipinski definition) is 2. The fraction of sp³-hybridized carbons (Fsp3) is 0.235. The number of terminal acetylenes is 2. The molecule has 3 aromatic heterocycles. The van der Waals surface area contributed by atoms with Crippen LogP contribution in [0.2, 0.25) is 0 Å². The molecule has 4 aromatic rings. The molecule has 0 amide bonds. The van der Waals surface area contributed by atoms with E-state index >= 15 is 0 Å². The minimum absolute atomic E-state index is 0.0614. The summed E-state index contributed by atoms with van der Waals surface area (Å²) in [6.07, 6.45) is 10.4. The van der Waals surface area contributed by atoms with Gasteiger partial charge in [-0.2, -0.15) is 0 Å². The number of hydrogen-bond donors (Lipinski definition) is 0. The van der Waals surface area contributed by atoms with Crippen LogP contribution in [0.3, 0.4) is 0 Å². The lowest BCUT2D eigenvalue weighted by Crippen LogP contribution is -2.17. The average Bonchev–Trinajstić information content (AvgIpc) is 3.20. The van der Waals surface area contributed by atoms with E-state index in [0.29, 0.717) is 11.1 Å². The van der Waals surface area contributed by atoms with E-state index in [1.54, 1.807) is 0 Å². The molecule has 0 N–H and O–H groups in total. The molecule has 0 aliphatic rings. The topological polar surface area (TPSA) is 30.2 Å². The summed E-state index contributed by atoms with van der Waals surface area (Å²) in [6.45, 7) is 13.1. The number of imidazole rings is 1. The van der Waals surface area contributed by atoms with Crippen LogP contribution in [0.4, 0.5) is 0 Å². The van der Waals surface area contributed by atoms with Crippen LogP contribution in [-0.2, 0) is 10.8 Å². The molecule has 0 atom stereocenters. The Kier molecular flexibility index (Phi) is 6.45. The van der Waals surface area contributed by atoms with Gasteiger partial charge in [0, 0.05) is 38.7 Å². The Bertz CT molecular complexity index is 1930. The molecule has 3 heterocycles. The van der Waals surface area contributed by atoms with Crippen LogP contribution in [-0.4, -0.2) is 14.4 Å². The molecule has 0 unspecified atom stereocenters. The number of fused-ring (bicyclic) bond motifs is 5. The van der Waals surface area contributed by atoms with Gasteiger partial charge in [-0.15, -0.1) is 12.8 Å². The number of nitrogens with zero attached hydrogens (tertiary/aromatic N) is 3. The number of benzene rings is 1. The second-order valence-electron chi connectivity index (χ2n) is 10.6. The van der Waals surface area contributed by atoms with Crippen LogP contribution >= 0.6 is 0 Å². The predicted octanol–water partition coefficient (Wildman–Crippen LogP) is 5.61. The first kappa shape index (κ1) is 25.0. The zero-order valence-electron chi connectivity index (χ0n) is 21.9. The zero-order chi connectivity index (χ0) is 26.8. The van der Waals surface area contributed by atoms with Crippen molar-refractivity contribution in [3.63, 3.8) is 0 Å².